The van der Waals surface area contributed by atoms with Crippen molar-refractivity contribution in [3.63, 3.8) is 0 Å². The van der Waals surface area contributed by atoms with Gasteiger partial charge in [-0.25, -0.2) is 0 Å². The number of benzene rings is 1. The molecule has 0 amide bonds. The number of carbonyl (C=O) groups is 1. The molecule has 0 bridgehead atoms. The maximum Gasteiger partial charge on any atom is 0.246 e. The number of para-hydroxylation sites is 1. The highest BCUT2D eigenvalue weighted by atomic mass is 16.5. The first-order valence-electron chi connectivity index (χ1n) is 4.05. The second-order valence-corrected chi connectivity index (χ2v) is 2.83. The number of ketones is 1. The fraction of sp³-hybridized carbons (Fsp3) is 0.200. The Morgan fingerprint density at radius 2 is 2.36 bits per heavy atom. The van der Waals surface area contributed by atoms with Gasteiger partial charge in [-0.05, 0) is 12.1 Å². The third kappa shape index (κ3) is 1.03. The molecule has 0 aliphatic carbocycles. The van der Waals surface area contributed by atoms with Crippen LogP contribution in [0.15, 0.2) is 18.2 Å². The minimum atomic E-state index is -1.03. The van der Waals surface area contributed by atoms with Gasteiger partial charge < -0.3 is 9.47 Å². The molecule has 1 aliphatic heterocycles. The molecule has 4 nitrogen and oxygen atoms in total. The molecule has 1 atom stereocenters. The molecule has 14 heavy (non-hydrogen) atoms. The molecular weight excluding hydrogens is 182 g/mol. The standard InChI is InChI=1S/C10H7NO3/c1-13-7-4-2-3-6-9(12)8(5-11)14-10(6)7/h2-4,8H,1H3/t8-/m0/s1. The Bertz CT molecular complexity index is 433. The van der Waals surface area contributed by atoms with Gasteiger partial charge in [0.05, 0.1) is 12.7 Å². The van der Waals surface area contributed by atoms with Crippen LogP contribution in [0, 0.1) is 11.3 Å². The lowest BCUT2D eigenvalue weighted by atomic mass is 10.1. The van der Waals surface area contributed by atoms with Gasteiger partial charge in [0.15, 0.2) is 11.5 Å². The van der Waals surface area contributed by atoms with Crippen molar-refractivity contribution in [2.45, 2.75) is 6.10 Å². The maximum absolute atomic E-state index is 11.5. The summed E-state index contributed by atoms with van der Waals surface area (Å²) in [5, 5.41) is 8.64. The number of hydrogen-bond donors (Lipinski definition) is 0. The van der Waals surface area contributed by atoms with Gasteiger partial charge in [0.25, 0.3) is 0 Å². The number of hydrogen-bond acceptors (Lipinski definition) is 4. The van der Waals surface area contributed by atoms with Crippen LogP contribution in [0.1, 0.15) is 10.4 Å². The third-order valence-corrected chi connectivity index (χ3v) is 2.06. The van der Waals surface area contributed by atoms with Crippen LogP contribution in [-0.4, -0.2) is 19.0 Å². The minimum absolute atomic E-state index is 0.304. The van der Waals surface area contributed by atoms with Crippen LogP contribution in [0.4, 0.5) is 0 Å². The van der Waals surface area contributed by atoms with E-state index in [1.807, 2.05) is 0 Å². The van der Waals surface area contributed by atoms with Gasteiger partial charge in [-0.15, -0.1) is 0 Å². The van der Waals surface area contributed by atoms with Crippen LogP contribution in [0.5, 0.6) is 11.5 Å². The first kappa shape index (κ1) is 8.57. The number of nitrogens with zero attached hydrogens (tertiary/aromatic N) is 1. The zero-order valence-electron chi connectivity index (χ0n) is 7.48. The summed E-state index contributed by atoms with van der Waals surface area (Å²) in [5.74, 6) is 0.543. The molecule has 0 saturated carbocycles. The fourth-order valence-corrected chi connectivity index (χ4v) is 1.39. The predicted octanol–water partition coefficient (Wildman–Crippen LogP) is 1.16. The van der Waals surface area contributed by atoms with E-state index >= 15 is 0 Å². The molecule has 0 unspecified atom stereocenters. The Morgan fingerprint density at radius 1 is 1.57 bits per heavy atom. The van der Waals surface area contributed by atoms with Gasteiger partial charge in [0.2, 0.25) is 11.9 Å². The summed E-state index contributed by atoms with van der Waals surface area (Å²) in [5.41, 5.74) is 0.413. The van der Waals surface area contributed by atoms with Gasteiger partial charge >= 0.3 is 0 Å². The van der Waals surface area contributed by atoms with E-state index in [-0.39, 0.29) is 5.78 Å². The normalized spacial score (nSPS) is 18.3. The van der Waals surface area contributed by atoms with Gasteiger partial charge in [-0.1, -0.05) is 6.07 Å². The second kappa shape index (κ2) is 3.04. The Balaban J connectivity index is 2.54. The molecule has 0 spiro atoms. The van der Waals surface area contributed by atoms with Crippen molar-refractivity contribution in [2.24, 2.45) is 0 Å². The fourth-order valence-electron chi connectivity index (χ4n) is 1.39. The van der Waals surface area contributed by atoms with Crippen molar-refractivity contribution in [3.05, 3.63) is 23.8 Å². The summed E-state index contributed by atoms with van der Waals surface area (Å²) >= 11 is 0. The number of Topliss-reactive ketones (excluding diaryl/α,β-unsaturated/α-hetero) is 1. The number of methoxy groups -OCH3 is 1. The van der Waals surface area contributed by atoms with Gasteiger partial charge in [-0.2, -0.15) is 5.26 Å². The summed E-state index contributed by atoms with van der Waals surface area (Å²) < 4.78 is 10.2. The number of fused-ring (bicyclic) bond motifs is 1. The van der Waals surface area contributed by atoms with E-state index in [0.717, 1.165) is 0 Å². The van der Waals surface area contributed by atoms with E-state index in [0.29, 0.717) is 17.1 Å². The molecule has 1 aliphatic rings. The quantitative estimate of drug-likeness (QED) is 0.665. The van der Waals surface area contributed by atoms with Gasteiger partial charge in [0, 0.05) is 0 Å². The maximum atomic E-state index is 11.5. The van der Waals surface area contributed by atoms with Crippen LogP contribution >= 0.6 is 0 Å². The summed E-state index contributed by atoms with van der Waals surface area (Å²) in [6, 6.07) is 6.79. The molecule has 0 aromatic heterocycles. The Morgan fingerprint density at radius 3 is 3.00 bits per heavy atom. The van der Waals surface area contributed by atoms with Crippen molar-refractivity contribution >= 4 is 5.78 Å². The highest BCUT2D eigenvalue weighted by Gasteiger charge is 2.34. The largest absolute Gasteiger partial charge is 0.493 e. The van der Waals surface area contributed by atoms with Crippen LogP contribution in [0.3, 0.4) is 0 Å². The van der Waals surface area contributed by atoms with E-state index in [2.05, 4.69) is 0 Å². The topological polar surface area (TPSA) is 59.3 Å². The van der Waals surface area contributed by atoms with E-state index in [1.165, 1.54) is 7.11 Å². The number of nitriles is 1. The molecule has 0 N–H and O–H groups in total. The van der Waals surface area contributed by atoms with E-state index in [4.69, 9.17) is 14.7 Å². The third-order valence-electron chi connectivity index (χ3n) is 2.06. The van der Waals surface area contributed by atoms with E-state index in [1.54, 1.807) is 24.3 Å². The second-order valence-electron chi connectivity index (χ2n) is 2.83. The molecule has 1 heterocycles. The molecule has 1 aromatic carbocycles. The van der Waals surface area contributed by atoms with Crippen LogP contribution in [0.2, 0.25) is 0 Å². The first-order chi connectivity index (χ1) is 6.77. The summed E-state index contributed by atoms with van der Waals surface area (Å²) in [6.07, 6.45) is -1.03. The average molecular weight is 189 g/mol. The first-order valence-corrected chi connectivity index (χ1v) is 4.05. The predicted molar refractivity (Wildman–Crippen MR) is 47.4 cm³/mol. The summed E-state index contributed by atoms with van der Waals surface area (Å²) in [6.45, 7) is 0. The Labute approximate surface area is 80.7 Å². The molecule has 0 saturated heterocycles. The number of ether oxygens (including phenoxy) is 2. The van der Waals surface area contributed by atoms with Crippen LogP contribution < -0.4 is 9.47 Å². The molecule has 0 fully saturated rings. The van der Waals surface area contributed by atoms with Crippen molar-refractivity contribution < 1.29 is 14.3 Å². The van der Waals surface area contributed by atoms with E-state index < -0.39 is 6.10 Å². The SMILES string of the molecule is COc1cccc2c1O[C@@H](C#N)C2=O. The summed E-state index contributed by atoms with van der Waals surface area (Å²) in [7, 11) is 1.49. The minimum Gasteiger partial charge on any atom is -0.493 e. The Kier molecular flexibility index (Phi) is 1.86. The van der Waals surface area contributed by atoms with Crippen molar-refractivity contribution in [2.75, 3.05) is 7.11 Å². The molecule has 4 heteroatoms. The highest BCUT2D eigenvalue weighted by molar-refractivity contribution is 6.06. The lowest BCUT2D eigenvalue weighted by molar-refractivity contribution is 0.0911. The summed E-state index contributed by atoms with van der Waals surface area (Å²) in [4.78, 5) is 11.5. The zero-order valence-corrected chi connectivity index (χ0v) is 7.48. The highest BCUT2D eigenvalue weighted by Crippen LogP contribution is 2.37. The van der Waals surface area contributed by atoms with Crippen LogP contribution in [0.25, 0.3) is 0 Å². The van der Waals surface area contributed by atoms with E-state index in [9.17, 15) is 4.79 Å². The lowest BCUT2D eigenvalue weighted by Gasteiger charge is -2.04. The van der Waals surface area contributed by atoms with Crippen LogP contribution in [-0.2, 0) is 0 Å². The smallest absolute Gasteiger partial charge is 0.246 e. The molecular formula is C10H7NO3. The van der Waals surface area contributed by atoms with Crippen molar-refractivity contribution in [1.29, 1.82) is 5.26 Å². The molecule has 2 rings (SSSR count). The molecule has 0 radical (unpaired) electrons. The number of rotatable bonds is 1. The molecule has 1 aromatic rings. The van der Waals surface area contributed by atoms with Crippen molar-refractivity contribution in [1.82, 2.24) is 0 Å². The number of carbonyl (C=O) groups excluding carboxylic acids is 1. The monoisotopic (exact) mass is 189 g/mol. The van der Waals surface area contributed by atoms with Crippen molar-refractivity contribution in [3.8, 4) is 17.6 Å². The average Bonchev–Trinajstić information content (AvgIpc) is 2.55. The lowest BCUT2D eigenvalue weighted by Crippen LogP contribution is -2.17. The zero-order chi connectivity index (χ0) is 10.1. The van der Waals surface area contributed by atoms with Gasteiger partial charge in [0.1, 0.15) is 6.07 Å². The van der Waals surface area contributed by atoms with Gasteiger partial charge in [-0.3, -0.25) is 4.79 Å². The Hall–Kier alpha value is -2.02. The molecule has 70 valence electrons.